The van der Waals surface area contributed by atoms with Gasteiger partial charge < -0.3 is 23.8 Å². The third-order valence-electron chi connectivity index (χ3n) is 7.55. The molecule has 0 saturated heterocycles. The molecular weight excluding hydrogens is 624 g/mol. The maximum absolute atomic E-state index is 13.6. The van der Waals surface area contributed by atoms with Crippen molar-refractivity contribution in [3.63, 3.8) is 0 Å². The van der Waals surface area contributed by atoms with Crippen LogP contribution in [0, 0.1) is 0 Å². The first-order chi connectivity index (χ1) is 23.5. The summed E-state index contributed by atoms with van der Waals surface area (Å²) in [5.41, 5.74) is 6.68. The molecule has 0 aliphatic carbocycles. The number of pyridine rings is 1. The van der Waals surface area contributed by atoms with Gasteiger partial charge >= 0.3 is 23.9 Å². The first-order valence-corrected chi connectivity index (χ1v) is 15.3. The highest BCUT2D eigenvalue weighted by Gasteiger charge is 2.22. The first kappa shape index (κ1) is 34.1. The van der Waals surface area contributed by atoms with Crippen molar-refractivity contribution in [2.75, 3.05) is 26.1 Å². The van der Waals surface area contributed by atoms with Crippen LogP contribution in [0.15, 0.2) is 103 Å². The highest BCUT2D eigenvalue weighted by atomic mass is 16.5. The van der Waals surface area contributed by atoms with Crippen LogP contribution >= 0.6 is 0 Å². The summed E-state index contributed by atoms with van der Waals surface area (Å²) >= 11 is 0. The minimum absolute atomic E-state index is 0.0428. The molecule has 10 heteroatoms. The lowest BCUT2D eigenvalue weighted by Gasteiger charge is -2.17. The summed E-state index contributed by atoms with van der Waals surface area (Å²) < 4.78 is 21.0. The normalized spacial score (nSPS) is 10.6. The molecule has 0 unspecified atom stereocenters. The van der Waals surface area contributed by atoms with Crippen LogP contribution in [-0.4, -0.2) is 50.1 Å². The molecule has 0 bridgehead atoms. The van der Waals surface area contributed by atoms with Gasteiger partial charge in [0.05, 0.1) is 18.2 Å². The molecule has 49 heavy (non-hydrogen) atoms. The third kappa shape index (κ3) is 8.17. The van der Waals surface area contributed by atoms with Crippen molar-refractivity contribution in [2.24, 2.45) is 0 Å². The van der Waals surface area contributed by atoms with E-state index < -0.39 is 23.9 Å². The van der Waals surface area contributed by atoms with Gasteiger partial charge in [-0.25, -0.2) is 9.59 Å². The second kappa shape index (κ2) is 15.1. The van der Waals surface area contributed by atoms with Crippen LogP contribution in [0.1, 0.15) is 40.1 Å². The van der Waals surface area contributed by atoms with Gasteiger partial charge in [0.15, 0.2) is 0 Å². The Morgan fingerprint density at radius 3 is 1.65 bits per heavy atom. The second-order valence-electron chi connectivity index (χ2n) is 11.2. The Kier molecular flexibility index (Phi) is 10.5. The van der Waals surface area contributed by atoms with Gasteiger partial charge in [0.2, 0.25) is 0 Å². The third-order valence-corrected chi connectivity index (χ3v) is 7.55. The van der Waals surface area contributed by atoms with Crippen LogP contribution in [0.3, 0.4) is 0 Å². The summed E-state index contributed by atoms with van der Waals surface area (Å²) in [5.74, 6) is -2.31. The fourth-order valence-electron chi connectivity index (χ4n) is 5.28. The van der Waals surface area contributed by atoms with Crippen LogP contribution in [0.4, 0.5) is 5.69 Å². The number of rotatable bonds is 10. The zero-order chi connectivity index (χ0) is 35.1. The maximum Gasteiger partial charge on any atom is 0.339 e. The highest BCUT2D eigenvalue weighted by molar-refractivity contribution is 6.04. The average molecular weight is 659 g/mol. The van der Waals surface area contributed by atoms with Gasteiger partial charge in [-0.1, -0.05) is 48.5 Å². The number of hydrogen-bond acceptors (Lipinski definition) is 10. The van der Waals surface area contributed by atoms with E-state index in [1.807, 2.05) is 50.6 Å². The van der Waals surface area contributed by atoms with E-state index >= 15 is 0 Å². The predicted octanol–water partition coefficient (Wildman–Crippen LogP) is 7.14. The summed E-state index contributed by atoms with van der Waals surface area (Å²) in [5, 5.41) is 0. The first-order valence-electron chi connectivity index (χ1n) is 15.3. The Balaban J connectivity index is 1.37. The Hall–Kier alpha value is -6.29. The van der Waals surface area contributed by atoms with Crippen LogP contribution in [0.25, 0.3) is 33.4 Å². The number of esters is 4. The molecular formula is C39H34N2O8. The van der Waals surface area contributed by atoms with Crippen molar-refractivity contribution >= 4 is 29.6 Å². The van der Waals surface area contributed by atoms with Crippen LogP contribution in [-0.2, 0) is 25.7 Å². The molecule has 0 N–H and O–H groups in total. The summed E-state index contributed by atoms with van der Waals surface area (Å²) in [7, 11) is 5.21. The van der Waals surface area contributed by atoms with Crippen molar-refractivity contribution < 1.29 is 38.1 Å². The molecule has 0 aliphatic rings. The molecule has 5 rings (SSSR count). The van der Waals surface area contributed by atoms with E-state index in [1.165, 1.54) is 57.4 Å². The van der Waals surface area contributed by atoms with E-state index in [1.54, 1.807) is 6.20 Å². The number of carbonyl (C=O) groups is 4. The van der Waals surface area contributed by atoms with Crippen molar-refractivity contribution in [1.82, 2.24) is 4.98 Å². The number of methoxy groups -OCH3 is 1. The van der Waals surface area contributed by atoms with Gasteiger partial charge in [0.1, 0.15) is 18.1 Å². The summed E-state index contributed by atoms with van der Waals surface area (Å²) in [6.07, 6.45) is 3.63. The summed E-state index contributed by atoms with van der Waals surface area (Å²) in [6, 6.07) is 26.7. The van der Waals surface area contributed by atoms with Crippen LogP contribution < -0.4 is 14.4 Å². The fourth-order valence-corrected chi connectivity index (χ4v) is 5.28. The molecule has 1 heterocycles. The minimum Gasteiger partial charge on any atom is -0.465 e. The molecule has 4 aromatic carbocycles. The highest BCUT2D eigenvalue weighted by Crippen LogP contribution is 2.34. The number of benzene rings is 4. The monoisotopic (exact) mass is 658 g/mol. The van der Waals surface area contributed by atoms with E-state index in [-0.39, 0.29) is 29.2 Å². The smallest absolute Gasteiger partial charge is 0.339 e. The molecule has 0 saturated carbocycles. The SMILES string of the molecule is COC(=O)c1cc(OC(C)=O)ccc1-c1ccc(OC(C)=O)cc1C(=O)OCc1ccc(-c2ccc(-c3cnccc3N(C)C)cc2)cc1. The minimum atomic E-state index is -0.712. The van der Waals surface area contributed by atoms with Gasteiger partial charge in [0.25, 0.3) is 0 Å². The lowest BCUT2D eigenvalue weighted by Crippen LogP contribution is -2.11. The van der Waals surface area contributed by atoms with Gasteiger partial charge in [-0.2, -0.15) is 0 Å². The lowest BCUT2D eigenvalue weighted by atomic mass is 9.94. The number of carbonyl (C=O) groups excluding carboxylic acids is 4. The predicted molar refractivity (Wildman–Crippen MR) is 184 cm³/mol. The van der Waals surface area contributed by atoms with Gasteiger partial charge in [-0.15, -0.1) is 0 Å². The Morgan fingerprint density at radius 1 is 0.633 bits per heavy atom. The number of hydrogen-bond donors (Lipinski definition) is 0. The molecule has 248 valence electrons. The standard InChI is InChI=1S/C39H34N2O8/c1-24(42)48-30-14-16-32(34(20-30)38(44)46-5)33-17-15-31(49-25(2)43)21-35(33)39(45)47-23-26-6-8-27(9-7-26)28-10-12-29(13-11-28)36-22-40-19-18-37(36)41(3)4/h6-22H,23H2,1-5H3. The summed E-state index contributed by atoms with van der Waals surface area (Å²) in [4.78, 5) is 55.8. The van der Waals surface area contributed by atoms with E-state index in [2.05, 4.69) is 34.1 Å². The quantitative estimate of drug-likeness (QED) is 0.113. The number of anilines is 1. The molecule has 0 aliphatic heterocycles. The number of aromatic nitrogens is 1. The lowest BCUT2D eigenvalue weighted by molar-refractivity contribution is -0.132. The fraction of sp³-hybridized carbons (Fsp3) is 0.154. The van der Waals surface area contributed by atoms with Crippen LogP contribution in [0.5, 0.6) is 11.5 Å². The van der Waals surface area contributed by atoms with E-state index in [4.69, 9.17) is 18.9 Å². The molecule has 10 nitrogen and oxygen atoms in total. The van der Waals surface area contributed by atoms with Crippen LogP contribution in [0.2, 0.25) is 0 Å². The average Bonchev–Trinajstić information content (AvgIpc) is 3.10. The van der Waals surface area contributed by atoms with E-state index in [0.29, 0.717) is 11.1 Å². The molecule has 0 radical (unpaired) electrons. The van der Waals surface area contributed by atoms with E-state index in [9.17, 15) is 19.2 Å². The number of ether oxygens (including phenoxy) is 4. The van der Waals surface area contributed by atoms with Gasteiger partial charge in [-0.05, 0) is 75.8 Å². The van der Waals surface area contributed by atoms with Crippen molar-refractivity contribution in [2.45, 2.75) is 20.5 Å². The van der Waals surface area contributed by atoms with Gasteiger partial charge in [-0.3, -0.25) is 14.6 Å². The largest absolute Gasteiger partial charge is 0.465 e. The van der Waals surface area contributed by atoms with Crippen molar-refractivity contribution in [1.29, 1.82) is 0 Å². The van der Waals surface area contributed by atoms with Crippen molar-refractivity contribution in [3.8, 4) is 44.9 Å². The second-order valence-corrected chi connectivity index (χ2v) is 11.2. The van der Waals surface area contributed by atoms with Crippen molar-refractivity contribution in [3.05, 3.63) is 120 Å². The Labute approximate surface area is 283 Å². The molecule has 0 atom stereocenters. The van der Waals surface area contributed by atoms with E-state index in [0.717, 1.165) is 33.5 Å². The summed E-state index contributed by atoms with van der Waals surface area (Å²) in [6.45, 7) is 2.44. The van der Waals surface area contributed by atoms with Gasteiger partial charge in [0, 0.05) is 51.6 Å². The molecule has 1 aromatic heterocycles. The number of nitrogens with zero attached hydrogens (tertiary/aromatic N) is 2. The zero-order valence-electron chi connectivity index (χ0n) is 27.7. The molecule has 0 amide bonds. The molecule has 0 fully saturated rings. The Bertz CT molecular complexity index is 2020. The Morgan fingerprint density at radius 2 is 1.14 bits per heavy atom. The zero-order valence-corrected chi connectivity index (χ0v) is 27.7. The molecule has 0 spiro atoms. The topological polar surface area (TPSA) is 121 Å². The molecule has 5 aromatic rings. The maximum atomic E-state index is 13.6.